The summed E-state index contributed by atoms with van der Waals surface area (Å²) in [4.78, 5) is 12.1. The van der Waals surface area contributed by atoms with E-state index in [-0.39, 0.29) is 17.4 Å². The lowest BCUT2D eigenvalue weighted by atomic mass is 10.3. The highest BCUT2D eigenvalue weighted by molar-refractivity contribution is 7.92. The third kappa shape index (κ3) is 5.73. The highest BCUT2D eigenvalue weighted by atomic mass is 32.2. The molecule has 29 heavy (non-hydrogen) atoms. The van der Waals surface area contributed by atoms with E-state index in [0.29, 0.717) is 22.9 Å². The minimum atomic E-state index is -3.77. The van der Waals surface area contributed by atoms with Crippen molar-refractivity contribution in [3.63, 3.8) is 0 Å². The van der Waals surface area contributed by atoms with Crippen molar-refractivity contribution in [1.82, 2.24) is 0 Å². The summed E-state index contributed by atoms with van der Waals surface area (Å²) in [7, 11) is -2.27. The van der Waals surface area contributed by atoms with Crippen molar-refractivity contribution >= 4 is 27.3 Å². The third-order valence-electron chi connectivity index (χ3n) is 3.88. The van der Waals surface area contributed by atoms with E-state index in [2.05, 4.69) is 10.0 Å². The molecule has 0 fully saturated rings. The fourth-order valence-corrected chi connectivity index (χ4v) is 3.53. The fraction of sp³-hybridized carbons (Fsp3) is 0.0952. The Kier molecular flexibility index (Phi) is 6.36. The van der Waals surface area contributed by atoms with Gasteiger partial charge in [0.1, 0.15) is 11.5 Å². The summed E-state index contributed by atoms with van der Waals surface area (Å²) in [6, 6.07) is 21.4. The molecule has 0 aromatic heterocycles. The van der Waals surface area contributed by atoms with E-state index in [0.717, 1.165) is 0 Å². The molecule has 0 radical (unpaired) electrons. The number of ether oxygens (including phenoxy) is 2. The monoisotopic (exact) mass is 412 g/mol. The molecule has 0 aliphatic rings. The Hall–Kier alpha value is -3.52. The summed E-state index contributed by atoms with van der Waals surface area (Å²) in [5, 5.41) is 2.66. The zero-order valence-corrected chi connectivity index (χ0v) is 16.5. The molecular weight excluding hydrogens is 392 g/mol. The molecule has 0 spiro atoms. The van der Waals surface area contributed by atoms with E-state index in [1.807, 2.05) is 18.2 Å². The number of rotatable bonds is 8. The molecule has 1 amide bonds. The van der Waals surface area contributed by atoms with Crippen LogP contribution < -0.4 is 19.5 Å². The van der Waals surface area contributed by atoms with Gasteiger partial charge in [-0.3, -0.25) is 9.52 Å². The molecule has 0 heterocycles. The molecule has 0 unspecified atom stereocenters. The molecule has 150 valence electrons. The minimum absolute atomic E-state index is 0.0684. The Morgan fingerprint density at radius 2 is 1.55 bits per heavy atom. The van der Waals surface area contributed by atoms with Crippen molar-refractivity contribution in [3.05, 3.63) is 78.9 Å². The molecule has 7 nitrogen and oxygen atoms in total. The number of amides is 1. The number of carbonyl (C=O) groups excluding carboxylic acids is 1. The lowest BCUT2D eigenvalue weighted by Gasteiger charge is -2.11. The highest BCUT2D eigenvalue weighted by Crippen LogP contribution is 2.21. The van der Waals surface area contributed by atoms with Gasteiger partial charge in [-0.1, -0.05) is 24.3 Å². The van der Waals surface area contributed by atoms with Crippen molar-refractivity contribution in [2.75, 3.05) is 23.8 Å². The van der Waals surface area contributed by atoms with Gasteiger partial charge >= 0.3 is 0 Å². The highest BCUT2D eigenvalue weighted by Gasteiger charge is 2.15. The van der Waals surface area contributed by atoms with Crippen LogP contribution in [0.2, 0.25) is 0 Å². The average Bonchev–Trinajstić information content (AvgIpc) is 2.73. The minimum Gasteiger partial charge on any atom is -0.497 e. The molecule has 3 aromatic carbocycles. The maximum absolute atomic E-state index is 12.5. The van der Waals surface area contributed by atoms with Crippen LogP contribution in [0.3, 0.4) is 0 Å². The summed E-state index contributed by atoms with van der Waals surface area (Å²) in [5.74, 6) is 0.785. The number of benzene rings is 3. The first kappa shape index (κ1) is 20.2. The normalized spacial score (nSPS) is 10.8. The van der Waals surface area contributed by atoms with Crippen LogP contribution in [-0.2, 0) is 14.8 Å². The number of sulfonamides is 1. The first-order valence-electron chi connectivity index (χ1n) is 8.71. The van der Waals surface area contributed by atoms with E-state index in [4.69, 9.17) is 9.47 Å². The number of methoxy groups -OCH3 is 1. The van der Waals surface area contributed by atoms with Crippen LogP contribution in [0.4, 0.5) is 11.4 Å². The molecule has 0 atom stereocenters. The Morgan fingerprint density at radius 3 is 2.24 bits per heavy atom. The van der Waals surface area contributed by atoms with Crippen LogP contribution in [0.1, 0.15) is 0 Å². The standard InChI is InChI=1S/C21H20N2O5S/c1-27-19-9-5-6-17(14-19)23-29(25,26)20-12-10-16(11-13-20)22-21(24)15-28-18-7-3-2-4-8-18/h2-14,23H,15H2,1H3,(H,22,24). The molecule has 0 saturated heterocycles. The molecule has 2 N–H and O–H groups in total. The quantitative estimate of drug-likeness (QED) is 0.591. The number of para-hydroxylation sites is 1. The number of hydrogen-bond donors (Lipinski definition) is 2. The summed E-state index contributed by atoms with van der Waals surface area (Å²) in [5.41, 5.74) is 0.854. The summed E-state index contributed by atoms with van der Waals surface area (Å²) < 4.78 is 38.0. The van der Waals surface area contributed by atoms with Gasteiger partial charge < -0.3 is 14.8 Å². The summed E-state index contributed by atoms with van der Waals surface area (Å²) in [6.45, 7) is -0.151. The Morgan fingerprint density at radius 1 is 0.862 bits per heavy atom. The van der Waals surface area contributed by atoms with E-state index >= 15 is 0 Å². The van der Waals surface area contributed by atoms with Crippen LogP contribution >= 0.6 is 0 Å². The van der Waals surface area contributed by atoms with Gasteiger partial charge in [0.05, 0.1) is 17.7 Å². The van der Waals surface area contributed by atoms with Crippen LogP contribution in [0.5, 0.6) is 11.5 Å². The predicted octanol–water partition coefficient (Wildman–Crippen LogP) is 3.51. The molecule has 3 rings (SSSR count). The lowest BCUT2D eigenvalue weighted by Crippen LogP contribution is -2.20. The first-order valence-corrected chi connectivity index (χ1v) is 10.2. The third-order valence-corrected chi connectivity index (χ3v) is 5.28. The van der Waals surface area contributed by atoms with Crippen LogP contribution in [0.15, 0.2) is 83.8 Å². The van der Waals surface area contributed by atoms with Crippen molar-refractivity contribution in [3.8, 4) is 11.5 Å². The Labute approximate surface area is 169 Å². The smallest absolute Gasteiger partial charge is 0.262 e. The second kappa shape index (κ2) is 9.11. The van der Waals surface area contributed by atoms with Crippen molar-refractivity contribution in [1.29, 1.82) is 0 Å². The Bertz CT molecular complexity index is 1070. The van der Waals surface area contributed by atoms with Gasteiger partial charge in [0.2, 0.25) is 0 Å². The first-order chi connectivity index (χ1) is 14.0. The van der Waals surface area contributed by atoms with Gasteiger partial charge in [-0.25, -0.2) is 8.42 Å². The van der Waals surface area contributed by atoms with E-state index < -0.39 is 10.0 Å². The van der Waals surface area contributed by atoms with Gasteiger partial charge in [0.15, 0.2) is 6.61 Å². The van der Waals surface area contributed by atoms with Gasteiger partial charge in [-0.05, 0) is 48.5 Å². The zero-order valence-electron chi connectivity index (χ0n) is 15.7. The molecule has 0 saturated carbocycles. The lowest BCUT2D eigenvalue weighted by molar-refractivity contribution is -0.118. The number of anilines is 2. The van der Waals surface area contributed by atoms with Crippen molar-refractivity contribution in [2.45, 2.75) is 4.90 Å². The molecule has 3 aromatic rings. The zero-order chi connectivity index (χ0) is 20.7. The molecule has 0 bridgehead atoms. The number of nitrogens with one attached hydrogen (secondary N) is 2. The predicted molar refractivity (Wildman–Crippen MR) is 111 cm³/mol. The van der Waals surface area contributed by atoms with E-state index in [1.165, 1.54) is 31.4 Å². The van der Waals surface area contributed by atoms with Crippen LogP contribution in [0, 0.1) is 0 Å². The number of carbonyl (C=O) groups is 1. The topological polar surface area (TPSA) is 93.7 Å². The second-order valence-corrected chi connectivity index (χ2v) is 7.69. The van der Waals surface area contributed by atoms with E-state index in [9.17, 15) is 13.2 Å². The average molecular weight is 412 g/mol. The molecule has 8 heteroatoms. The van der Waals surface area contributed by atoms with Gasteiger partial charge in [0, 0.05) is 11.8 Å². The van der Waals surface area contributed by atoms with Crippen molar-refractivity contribution in [2.24, 2.45) is 0 Å². The van der Waals surface area contributed by atoms with Crippen LogP contribution in [-0.4, -0.2) is 28.0 Å². The Balaban J connectivity index is 1.60. The largest absolute Gasteiger partial charge is 0.497 e. The molecule has 0 aliphatic carbocycles. The molecule has 0 aliphatic heterocycles. The van der Waals surface area contributed by atoms with E-state index in [1.54, 1.807) is 36.4 Å². The number of hydrogen-bond acceptors (Lipinski definition) is 5. The fourth-order valence-electron chi connectivity index (χ4n) is 2.48. The molecular formula is C21H20N2O5S. The summed E-state index contributed by atoms with van der Waals surface area (Å²) in [6.07, 6.45) is 0. The second-order valence-electron chi connectivity index (χ2n) is 6.01. The summed E-state index contributed by atoms with van der Waals surface area (Å²) >= 11 is 0. The van der Waals surface area contributed by atoms with Gasteiger partial charge in [-0.15, -0.1) is 0 Å². The van der Waals surface area contributed by atoms with Crippen LogP contribution in [0.25, 0.3) is 0 Å². The SMILES string of the molecule is COc1cccc(NS(=O)(=O)c2ccc(NC(=O)COc3ccccc3)cc2)c1. The maximum Gasteiger partial charge on any atom is 0.262 e. The van der Waals surface area contributed by atoms with Gasteiger partial charge in [-0.2, -0.15) is 0 Å². The maximum atomic E-state index is 12.5. The van der Waals surface area contributed by atoms with Gasteiger partial charge in [0.25, 0.3) is 15.9 Å². The van der Waals surface area contributed by atoms with Crippen molar-refractivity contribution < 1.29 is 22.7 Å².